The second-order valence-corrected chi connectivity index (χ2v) is 6.69. The van der Waals surface area contributed by atoms with Gasteiger partial charge in [-0.3, -0.25) is 4.79 Å². The van der Waals surface area contributed by atoms with Crippen molar-refractivity contribution >= 4 is 23.1 Å². The Bertz CT molecular complexity index is 934. The number of aromatic nitrogens is 2. The van der Waals surface area contributed by atoms with Crippen molar-refractivity contribution in [1.29, 1.82) is 0 Å². The number of nitrogens with zero attached hydrogens (tertiary/aromatic N) is 2. The molecule has 2 aromatic heterocycles. The van der Waals surface area contributed by atoms with Gasteiger partial charge in [-0.15, -0.1) is 0 Å². The first kappa shape index (κ1) is 18.0. The topological polar surface area (TPSA) is 118 Å². The lowest BCUT2D eigenvalue weighted by atomic mass is 10.1. The van der Waals surface area contributed by atoms with Gasteiger partial charge < -0.3 is 26.1 Å². The Labute approximate surface area is 162 Å². The third kappa shape index (κ3) is 4.12. The fraction of sp³-hybridized carbons (Fsp3) is 0.250. The number of carbonyl (C=O) groups excluding carboxylic acids is 1. The first-order valence-corrected chi connectivity index (χ1v) is 9.23. The second kappa shape index (κ2) is 8.10. The van der Waals surface area contributed by atoms with Crippen LogP contribution < -0.4 is 21.7 Å². The second-order valence-electron chi connectivity index (χ2n) is 6.69. The molecule has 8 nitrogen and oxygen atoms in total. The van der Waals surface area contributed by atoms with Crippen LogP contribution in [-0.2, 0) is 0 Å². The molecular weight excluding hydrogens is 356 g/mol. The molecule has 1 saturated heterocycles. The third-order valence-corrected chi connectivity index (χ3v) is 4.70. The summed E-state index contributed by atoms with van der Waals surface area (Å²) in [5, 5.41) is 10.0. The highest BCUT2D eigenvalue weighted by Gasteiger charge is 2.17. The van der Waals surface area contributed by atoms with Gasteiger partial charge in [-0.2, -0.15) is 0 Å². The van der Waals surface area contributed by atoms with Crippen LogP contribution in [-0.4, -0.2) is 35.0 Å². The molecule has 4 rings (SSSR count). The van der Waals surface area contributed by atoms with Crippen LogP contribution in [0.5, 0.6) is 0 Å². The number of amides is 1. The largest absolute Gasteiger partial charge is 0.445 e. The molecule has 8 heteroatoms. The Morgan fingerprint density at radius 2 is 1.96 bits per heavy atom. The Hall–Kier alpha value is -3.39. The molecule has 1 aromatic carbocycles. The molecule has 1 aliphatic heterocycles. The molecule has 5 N–H and O–H groups in total. The summed E-state index contributed by atoms with van der Waals surface area (Å²) in [6.07, 6.45) is 6.65. The smallest absolute Gasteiger partial charge is 0.252 e. The molecule has 0 atom stereocenters. The Morgan fingerprint density at radius 1 is 1.18 bits per heavy atom. The number of primary amides is 1. The van der Waals surface area contributed by atoms with Gasteiger partial charge in [0.05, 0.1) is 17.4 Å². The van der Waals surface area contributed by atoms with Gasteiger partial charge in [0, 0.05) is 29.6 Å². The van der Waals surface area contributed by atoms with E-state index in [-0.39, 0.29) is 0 Å². The van der Waals surface area contributed by atoms with E-state index in [0.717, 1.165) is 37.2 Å². The van der Waals surface area contributed by atoms with Gasteiger partial charge in [-0.1, -0.05) is 0 Å². The maximum absolute atomic E-state index is 11.8. The molecule has 0 radical (unpaired) electrons. The summed E-state index contributed by atoms with van der Waals surface area (Å²) in [4.78, 5) is 20.2. The highest BCUT2D eigenvalue weighted by atomic mass is 16.3. The van der Waals surface area contributed by atoms with Crippen molar-refractivity contribution in [3.05, 3.63) is 54.6 Å². The zero-order valence-electron chi connectivity index (χ0n) is 15.3. The SMILES string of the molecule is NC(=O)c1cnc(Nc2ccc(-c3ncco3)cc2)cc1NC1CCNCC1. The molecular formula is C20H22N6O2. The molecule has 1 fully saturated rings. The minimum atomic E-state index is -0.495. The van der Waals surface area contributed by atoms with E-state index < -0.39 is 5.91 Å². The Balaban J connectivity index is 1.52. The average Bonchev–Trinajstić information content (AvgIpc) is 3.24. The van der Waals surface area contributed by atoms with E-state index in [9.17, 15) is 4.79 Å². The third-order valence-electron chi connectivity index (χ3n) is 4.70. The molecule has 3 aromatic rings. The van der Waals surface area contributed by atoms with Crippen molar-refractivity contribution in [3.63, 3.8) is 0 Å². The van der Waals surface area contributed by atoms with Crippen LogP contribution in [0.3, 0.4) is 0 Å². The van der Waals surface area contributed by atoms with E-state index in [4.69, 9.17) is 10.2 Å². The van der Waals surface area contributed by atoms with E-state index in [2.05, 4.69) is 25.9 Å². The van der Waals surface area contributed by atoms with Gasteiger partial charge in [0.1, 0.15) is 12.1 Å². The Kier molecular flexibility index (Phi) is 5.20. The van der Waals surface area contributed by atoms with Gasteiger partial charge in [0.2, 0.25) is 5.89 Å². The summed E-state index contributed by atoms with van der Waals surface area (Å²) in [5.41, 5.74) is 8.37. The molecule has 1 aliphatic rings. The number of rotatable bonds is 6. The van der Waals surface area contributed by atoms with Crippen LogP contribution in [0.15, 0.2) is 53.4 Å². The van der Waals surface area contributed by atoms with Gasteiger partial charge >= 0.3 is 0 Å². The molecule has 0 aliphatic carbocycles. The predicted molar refractivity (Wildman–Crippen MR) is 107 cm³/mol. The number of oxazole rings is 1. The van der Waals surface area contributed by atoms with E-state index in [1.807, 2.05) is 30.3 Å². The van der Waals surface area contributed by atoms with E-state index in [1.54, 1.807) is 12.5 Å². The van der Waals surface area contributed by atoms with Gasteiger partial charge in [-0.05, 0) is 50.2 Å². The molecule has 1 amide bonds. The van der Waals surface area contributed by atoms with Crippen LogP contribution >= 0.6 is 0 Å². The van der Waals surface area contributed by atoms with Crippen molar-refractivity contribution in [2.75, 3.05) is 23.7 Å². The number of piperidine rings is 1. The zero-order valence-corrected chi connectivity index (χ0v) is 15.3. The van der Waals surface area contributed by atoms with Crippen LogP contribution in [0.2, 0.25) is 0 Å². The molecule has 0 unspecified atom stereocenters. The fourth-order valence-corrected chi connectivity index (χ4v) is 3.24. The highest BCUT2D eigenvalue weighted by molar-refractivity contribution is 5.98. The van der Waals surface area contributed by atoms with E-state index in [1.165, 1.54) is 6.20 Å². The average molecular weight is 378 g/mol. The monoisotopic (exact) mass is 378 g/mol. The molecule has 0 saturated carbocycles. The maximum atomic E-state index is 11.8. The summed E-state index contributed by atoms with van der Waals surface area (Å²) in [7, 11) is 0. The number of hydrogen-bond acceptors (Lipinski definition) is 7. The van der Waals surface area contributed by atoms with Crippen LogP contribution in [0, 0.1) is 0 Å². The number of pyridine rings is 1. The molecule has 3 heterocycles. The first-order chi connectivity index (χ1) is 13.7. The maximum Gasteiger partial charge on any atom is 0.252 e. The van der Waals surface area contributed by atoms with Crippen molar-refractivity contribution in [1.82, 2.24) is 15.3 Å². The van der Waals surface area contributed by atoms with Crippen LogP contribution in [0.4, 0.5) is 17.2 Å². The van der Waals surface area contributed by atoms with Gasteiger partial charge in [0.15, 0.2) is 0 Å². The Morgan fingerprint density at radius 3 is 2.64 bits per heavy atom. The normalized spacial score (nSPS) is 14.6. The lowest BCUT2D eigenvalue weighted by Gasteiger charge is -2.25. The summed E-state index contributed by atoms with van der Waals surface area (Å²) in [6, 6.07) is 9.80. The predicted octanol–water partition coefficient (Wildman–Crippen LogP) is 2.74. The summed E-state index contributed by atoms with van der Waals surface area (Å²) >= 11 is 0. The van der Waals surface area contributed by atoms with Crippen LogP contribution in [0.25, 0.3) is 11.5 Å². The summed E-state index contributed by atoms with van der Waals surface area (Å²) in [5.74, 6) is 0.708. The molecule has 28 heavy (non-hydrogen) atoms. The number of anilines is 3. The zero-order chi connectivity index (χ0) is 19.3. The number of nitrogens with two attached hydrogens (primary N) is 1. The van der Waals surface area contributed by atoms with Gasteiger partial charge in [-0.25, -0.2) is 9.97 Å². The van der Waals surface area contributed by atoms with Crippen molar-refractivity contribution in [3.8, 4) is 11.5 Å². The number of nitrogens with one attached hydrogen (secondary N) is 3. The standard InChI is InChI=1S/C20H22N6O2/c21-19(27)16-12-24-18(11-17(16)25-15-5-7-22-8-6-15)26-14-3-1-13(2-4-14)20-23-9-10-28-20/h1-4,9-12,15,22H,5-8H2,(H2,21,27)(H2,24,25,26). The highest BCUT2D eigenvalue weighted by Crippen LogP contribution is 2.25. The van der Waals surface area contributed by atoms with Crippen LogP contribution in [0.1, 0.15) is 23.2 Å². The van der Waals surface area contributed by atoms with Crippen molar-refractivity contribution < 1.29 is 9.21 Å². The number of carbonyl (C=O) groups is 1. The number of hydrogen-bond donors (Lipinski definition) is 4. The molecule has 0 bridgehead atoms. The molecule has 144 valence electrons. The minimum absolute atomic E-state index is 0.301. The van der Waals surface area contributed by atoms with E-state index in [0.29, 0.717) is 29.0 Å². The summed E-state index contributed by atoms with van der Waals surface area (Å²) in [6.45, 7) is 1.91. The van der Waals surface area contributed by atoms with E-state index >= 15 is 0 Å². The number of benzene rings is 1. The lowest BCUT2D eigenvalue weighted by Crippen LogP contribution is -2.35. The minimum Gasteiger partial charge on any atom is -0.445 e. The lowest BCUT2D eigenvalue weighted by molar-refractivity contribution is 0.100. The van der Waals surface area contributed by atoms with Crippen molar-refractivity contribution in [2.45, 2.75) is 18.9 Å². The first-order valence-electron chi connectivity index (χ1n) is 9.23. The molecule has 0 spiro atoms. The summed E-state index contributed by atoms with van der Waals surface area (Å²) < 4.78 is 5.30. The van der Waals surface area contributed by atoms with Crippen molar-refractivity contribution in [2.24, 2.45) is 5.73 Å². The quantitative estimate of drug-likeness (QED) is 0.521. The van der Waals surface area contributed by atoms with Gasteiger partial charge in [0.25, 0.3) is 5.91 Å². The fourth-order valence-electron chi connectivity index (χ4n) is 3.24.